The summed E-state index contributed by atoms with van der Waals surface area (Å²) in [7, 11) is 0. The van der Waals surface area contributed by atoms with E-state index in [0.29, 0.717) is 37.6 Å². The predicted molar refractivity (Wildman–Crippen MR) is 157 cm³/mol. The summed E-state index contributed by atoms with van der Waals surface area (Å²) in [6, 6.07) is 15.9. The number of pyridine rings is 1. The van der Waals surface area contributed by atoms with E-state index >= 15 is 0 Å². The number of ketones is 1. The van der Waals surface area contributed by atoms with Crippen molar-refractivity contribution in [3.05, 3.63) is 111 Å². The van der Waals surface area contributed by atoms with Crippen LogP contribution >= 0.6 is 34.7 Å². The van der Waals surface area contributed by atoms with Crippen molar-refractivity contribution in [1.29, 1.82) is 0 Å². The lowest BCUT2D eigenvalue weighted by Crippen LogP contribution is -2.29. The van der Waals surface area contributed by atoms with Crippen LogP contribution in [-0.2, 0) is 15.3 Å². The second kappa shape index (κ2) is 10.7. The van der Waals surface area contributed by atoms with Crippen LogP contribution in [0.5, 0.6) is 0 Å². The highest BCUT2D eigenvalue weighted by molar-refractivity contribution is 8.00. The van der Waals surface area contributed by atoms with Crippen LogP contribution in [0, 0.1) is 19.7 Å². The molecule has 0 spiro atoms. The minimum atomic E-state index is -1.00. The smallest absolute Gasteiger partial charge is 0.301 e. The zero-order chi connectivity index (χ0) is 28.8. The van der Waals surface area contributed by atoms with E-state index in [4.69, 9.17) is 11.6 Å². The average molecular weight is 606 g/mol. The Hall–Kier alpha value is -4.06. The summed E-state index contributed by atoms with van der Waals surface area (Å²) in [4.78, 5) is 32.9. The number of Topliss-reactive ketones (excluding diaryl/α,β-unsaturated/α-hetero) is 1. The number of aryl methyl sites for hydroxylation is 2. The largest absolute Gasteiger partial charge is 0.505 e. The minimum absolute atomic E-state index is 0.114. The first-order valence-electron chi connectivity index (χ1n) is 12.5. The average Bonchev–Trinajstić information content (AvgIpc) is 3.64. The highest BCUT2D eigenvalue weighted by atomic mass is 35.5. The summed E-state index contributed by atoms with van der Waals surface area (Å²) in [6.07, 6.45) is 1.82. The second-order valence-electron chi connectivity index (χ2n) is 9.38. The van der Waals surface area contributed by atoms with Crippen molar-refractivity contribution in [3.63, 3.8) is 0 Å². The van der Waals surface area contributed by atoms with Gasteiger partial charge in [-0.1, -0.05) is 71.1 Å². The molecule has 4 heterocycles. The normalized spacial score (nSPS) is 16.7. The predicted octanol–water partition coefficient (Wildman–Crippen LogP) is 6.51. The van der Waals surface area contributed by atoms with Crippen molar-refractivity contribution >= 4 is 62.9 Å². The highest BCUT2D eigenvalue weighted by Gasteiger charge is 2.48. The van der Waals surface area contributed by atoms with Crippen molar-refractivity contribution in [2.45, 2.75) is 30.0 Å². The number of aliphatic hydroxyl groups is 1. The number of halogens is 2. The first-order valence-corrected chi connectivity index (χ1v) is 14.6. The summed E-state index contributed by atoms with van der Waals surface area (Å²) in [6.45, 7) is 3.68. The van der Waals surface area contributed by atoms with Crippen LogP contribution in [-0.4, -0.2) is 36.4 Å². The van der Waals surface area contributed by atoms with E-state index in [0.717, 1.165) is 16.9 Å². The topological polar surface area (TPSA) is 101 Å². The molecule has 1 aliphatic rings. The van der Waals surface area contributed by atoms with Gasteiger partial charge in [-0.3, -0.25) is 14.5 Å². The third-order valence-electron chi connectivity index (χ3n) is 6.85. The molecular weight excluding hydrogens is 585 g/mol. The lowest BCUT2D eigenvalue weighted by atomic mass is 9.96. The van der Waals surface area contributed by atoms with Gasteiger partial charge in [0, 0.05) is 17.0 Å². The molecule has 6 rings (SSSR count). The van der Waals surface area contributed by atoms with Crippen LogP contribution in [0.3, 0.4) is 0 Å². The van der Waals surface area contributed by atoms with Gasteiger partial charge in [-0.15, -0.1) is 10.2 Å². The Morgan fingerprint density at radius 3 is 2.56 bits per heavy atom. The first kappa shape index (κ1) is 27.1. The van der Waals surface area contributed by atoms with Crippen molar-refractivity contribution in [2.75, 3.05) is 4.90 Å². The molecular formula is C29H21ClFN5O3S2. The van der Waals surface area contributed by atoms with Gasteiger partial charge in [-0.25, -0.2) is 9.37 Å². The van der Waals surface area contributed by atoms with Crippen LogP contribution in [0.1, 0.15) is 34.1 Å². The Morgan fingerprint density at radius 2 is 1.83 bits per heavy atom. The van der Waals surface area contributed by atoms with Gasteiger partial charge in [0.15, 0.2) is 10.1 Å². The number of carbonyl (C=O) groups excluding carboxylic acids is 2. The summed E-state index contributed by atoms with van der Waals surface area (Å²) in [5.41, 5.74) is 3.28. The molecule has 1 saturated heterocycles. The van der Waals surface area contributed by atoms with E-state index in [1.807, 2.05) is 29.7 Å². The standard InChI is InChI=1S/C29H21ClFN5O3S2/c1-15-6-5-13-35-16(2)22(32-26(15)35)24(37)21-23(17-9-11-19(30)12-10-17)36(27(39)25(21)38)28-33-34-29(41-28)40-14-18-7-3-4-8-20(18)31/h3-13,23,37H,14H2,1-2H3/b24-21+. The number of aliphatic hydroxyl groups excluding tert-OH is 1. The number of rotatable bonds is 6. The fraction of sp³-hybridized carbons (Fsp3) is 0.138. The van der Waals surface area contributed by atoms with Gasteiger partial charge in [0.1, 0.15) is 17.2 Å². The Labute approximate surface area is 247 Å². The number of amides is 1. The Bertz CT molecular complexity index is 1870. The summed E-state index contributed by atoms with van der Waals surface area (Å²) in [5.74, 6) is -2.12. The number of benzene rings is 2. The summed E-state index contributed by atoms with van der Waals surface area (Å²) < 4.78 is 16.4. The van der Waals surface area contributed by atoms with Gasteiger partial charge in [-0.05, 0) is 54.8 Å². The number of aromatic nitrogens is 4. The molecule has 0 bridgehead atoms. The fourth-order valence-electron chi connectivity index (χ4n) is 4.78. The fourth-order valence-corrected chi connectivity index (χ4v) is 6.76. The van der Waals surface area contributed by atoms with Gasteiger partial charge in [0.2, 0.25) is 5.13 Å². The zero-order valence-corrected chi connectivity index (χ0v) is 24.1. The van der Waals surface area contributed by atoms with E-state index < -0.39 is 17.7 Å². The van der Waals surface area contributed by atoms with Crippen molar-refractivity contribution in [1.82, 2.24) is 19.6 Å². The molecule has 1 aliphatic heterocycles. The Morgan fingerprint density at radius 1 is 1.07 bits per heavy atom. The molecule has 1 atom stereocenters. The molecule has 0 radical (unpaired) electrons. The lowest BCUT2D eigenvalue weighted by Gasteiger charge is -2.22. The maximum Gasteiger partial charge on any atom is 0.301 e. The number of fused-ring (bicyclic) bond motifs is 1. The number of carbonyl (C=O) groups is 2. The SMILES string of the molecule is Cc1cccn2c(C)c(/C(O)=C3\C(=O)C(=O)N(c4nnc(SCc5ccccc5F)s4)C3c3ccc(Cl)cc3)nc12. The Balaban J connectivity index is 1.44. The van der Waals surface area contributed by atoms with E-state index in [9.17, 15) is 19.1 Å². The molecule has 1 N–H and O–H groups in total. The molecule has 1 fully saturated rings. The summed E-state index contributed by atoms with van der Waals surface area (Å²) in [5, 5.41) is 20.6. The molecule has 1 amide bonds. The molecule has 3 aromatic heterocycles. The zero-order valence-electron chi connectivity index (χ0n) is 21.7. The minimum Gasteiger partial charge on any atom is -0.505 e. The quantitative estimate of drug-likeness (QED) is 0.0774. The molecule has 0 aliphatic carbocycles. The second-order valence-corrected chi connectivity index (χ2v) is 12.0. The van der Waals surface area contributed by atoms with Gasteiger partial charge in [0.05, 0.1) is 17.3 Å². The molecule has 8 nitrogen and oxygen atoms in total. The molecule has 12 heteroatoms. The van der Waals surface area contributed by atoms with Gasteiger partial charge in [0.25, 0.3) is 5.78 Å². The number of nitrogens with zero attached hydrogens (tertiary/aromatic N) is 5. The van der Waals surface area contributed by atoms with E-state index in [2.05, 4.69) is 15.2 Å². The maximum atomic E-state index is 14.1. The van der Waals surface area contributed by atoms with Gasteiger partial charge >= 0.3 is 5.91 Å². The molecule has 1 unspecified atom stereocenters. The molecule has 2 aromatic carbocycles. The molecule has 41 heavy (non-hydrogen) atoms. The van der Waals surface area contributed by atoms with Crippen molar-refractivity contribution < 1.29 is 19.1 Å². The molecule has 206 valence electrons. The van der Waals surface area contributed by atoms with E-state index in [-0.39, 0.29) is 28.0 Å². The van der Waals surface area contributed by atoms with Crippen LogP contribution < -0.4 is 4.90 Å². The van der Waals surface area contributed by atoms with Crippen molar-refractivity contribution in [3.8, 4) is 0 Å². The summed E-state index contributed by atoms with van der Waals surface area (Å²) >= 11 is 8.50. The number of thioether (sulfide) groups is 1. The first-order chi connectivity index (χ1) is 19.7. The van der Waals surface area contributed by atoms with Gasteiger partial charge in [-0.2, -0.15) is 0 Å². The van der Waals surface area contributed by atoms with Crippen LogP contribution in [0.15, 0.2) is 76.8 Å². The van der Waals surface area contributed by atoms with Gasteiger partial charge < -0.3 is 9.51 Å². The highest BCUT2D eigenvalue weighted by Crippen LogP contribution is 2.44. The number of hydrogen-bond donors (Lipinski definition) is 1. The monoisotopic (exact) mass is 605 g/mol. The number of hydrogen-bond acceptors (Lipinski definition) is 8. The number of anilines is 1. The Kier molecular flexibility index (Phi) is 7.10. The van der Waals surface area contributed by atoms with E-state index in [1.54, 1.807) is 49.4 Å². The van der Waals surface area contributed by atoms with Crippen LogP contribution in [0.25, 0.3) is 11.4 Å². The maximum absolute atomic E-state index is 14.1. The van der Waals surface area contributed by atoms with Crippen LogP contribution in [0.2, 0.25) is 5.02 Å². The third kappa shape index (κ3) is 4.79. The van der Waals surface area contributed by atoms with Crippen molar-refractivity contribution in [2.24, 2.45) is 0 Å². The number of imidazole rings is 1. The lowest BCUT2D eigenvalue weighted by molar-refractivity contribution is -0.132. The van der Waals surface area contributed by atoms with E-state index in [1.165, 1.54) is 22.7 Å². The molecule has 5 aromatic rings. The molecule has 0 saturated carbocycles. The van der Waals surface area contributed by atoms with Crippen LogP contribution in [0.4, 0.5) is 9.52 Å². The third-order valence-corrected chi connectivity index (χ3v) is 9.21.